The van der Waals surface area contributed by atoms with Gasteiger partial charge in [-0.25, -0.2) is 4.57 Å². The van der Waals surface area contributed by atoms with Crippen LogP contribution in [-0.2, 0) is 34.9 Å². The predicted octanol–water partition coefficient (Wildman–Crippen LogP) is 9.12. The fourth-order valence-electron chi connectivity index (χ4n) is 4.13. The Morgan fingerprint density at radius 3 is 0.943 bits per heavy atom. The van der Waals surface area contributed by atoms with Gasteiger partial charge in [-0.05, 0) is 56.7 Å². The van der Waals surface area contributed by atoms with Crippen LogP contribution in [0.15, 0.2) is 91.0 Å². The average molecular weight is 495 g/mol. The monoisotopic (exact) mass is 494 g/mol. The molecule has 5 heteroatoms. The van der Waals surface area contributed by atoms with E-state index in [0.29, 0.717) is 19.3 Å². The highest BCUT2D eigenvalue weighted by atomic mass is 31.2. The molecule has 3 unspecified atom stereocenters. The van der Waals surface area contributed by atoms with Crippen LogP contribution in [0.1, 0.15) is 77.5 Å². The van der Waals surface area contributed by atoms with Crippen molar-refractivity contribution in [3.05, 3.63) is 108 Å². The Hall–Kier alpha value is -2.23. The Morgan fingerprint density at radius 2 is 0.743 bits per heavy atom. The molecule has 0 bridgehead atoms. The Morgan fingerprint density at radius 1 is 0.514 bits per heavy atom. The molecule has 0 spiro atoms. The summed E-state index contributed by atoms with van der Waals surface area (Å²) in [5, 5.41) is 0. The second kappa shape index (κ2) is 11.2. The molecule has 0 heterocycles. The van der Waals surface area contributed by atoms with Crippen LogP contribution in [0.2, 0.25) is 0 Å². The Labute approximate surface area is 211 Å². The van der Waals surface area contributed by atoms with Gasteiger partial charge in [-0.2, -0.15) is 0 Å². The molecule has 0 aliphatic rings. The fourth-order valence-corrected chi connectivity index (χ4v) is 6.43. The van der Waals surface area contributed by atoms with Crippen LogP contribution in [0.5, 0.6) is 0 Å². The van der Waals surface area contributed by atoms with E-state index in [-0.39, 0.29) is 0 Å². The first-order chi connectivity index (χ1) is 16.6. The zero-order valence-corrected chi connectivity index (χ0v) is 22.8. The summed E-state index contributed by atoms with van der Waals surface area (Å²) >= 11 is 0. The van der Waals surface area contributed by atoms with Crippen LogP contribution in [0.4, 0.5) is 0 Å². The molecule has 0 fully saturated rings. The standard InChI is InChI=1S/C30H39O4P/c1-7-28(4,25-19-13-10-14-20-25)32-35(31,33-29(5,8-2)26-21-15-11-16-22-26)34-30(6,9-3)27-23-17-12-18-24-27/h10-24H,7-9H2,1-6H3. The molecule has 0 saturated heterocycles. The number of hydrogen-bond donors (Lipinski definition) is 0. The van der Waals surface area contributed by atoms with E-state index in [0.717, 1.165) is 16.7 Å². The van der Waals surface area contributed by atoms with Crippen molar-refractivity contribution in [2.75, 3.05) is 0 Å². The van der Waals surface area contributed by atoms with Gasteiger partial charge in [0.05, 0.1) is 0 Å². The molecule has 0 saturated carbocycles. The molecule has 4 nitrogen and oxygen atoms in total. The molecule has 3 atom stereocenters. The highest BCUT2D eigenvalue weighted by Gasteiger charge is 2.48. The first-order valence-corrected chi connectivity index (χ1v) is 14.0. The molecule has 3 rings (SSSR count). The summed E-state index contributed by atoms with van der Waals surface area (Å²) in [5.74, 6) is 0. The summed E-state index contributed by atoms with van der Waals surface area (Å²) in [4.78, 5) is 0. The van der Waals surface area contributed by atoms with Gasteiger partial charge >= 0.3 is 7.82 Å². The smallest absolute Gasteiger partial charge is 0.276 e. The number of rotatable bonds is 12. The van der Waals surface area contributed by atoms with Crippen LogP contribution < -0.4 is 0 Å². The van der Waals surface area contributed by atoms with E-state index < -0.39 is 24.6 Å². The third kappa shape index (κ3) is 6.32. The SMILES string of the molecule is CCC(C)(OP(=O)(OC(C)(CC)c1ccccc1)OC(C)(CC)c1ccccc1)c1ccccc1. The van der Waals surface area contributed by atoms with Crippen LogP contribution in [0.3, 0.4) is 0 Å². The molecule has 3 aromatic rings. The first-order valence-electron chi connectivity index (χ1n) is 12.5. The second-order valence-corrected chi connectivity index (χ2v) is 11.0. The maximum atomic E-state index is 14.8. The predicted molar refractivity (Wildman–Crippen MR) is 143 cm³/mol. The van der Waals surface area contributed by atoms with E-state index in [1.807, 2.05) is 133 Å². The van der Waals surface area contributed by atoms with E-state index in [4.69, 9.17) is 13.6 Å². The van der Waals surface area contributed by atoms with E-state index in [1.165, 1.54) is 0 Å². The topological polar surface area (TPSA) is 44.8 Å². The quantitative estimate of drug-likeness (QED) is 0.236. The maximum absolute atomic E-state index is 14.8. The fraction of sp³-hybridized carbons (Fsp3) is 0.400. The van der Waals surface area contributed by atoms with E-state index in [1.54, 1.807) is 0 Å². The average Bonchev–Trinajstić information content (AvgIpc) is 2.89. The lowest BCUT2D eigenvalue weighted by molar-refractivity contribution is -0.0640. The minimum absolute atomic E-state index is 0.593. The summed E-state index contributed by atoms with van der Waals surface area (Å²) in [6.45, 7) is 11.9. The third-order valence-corrected chi connectivity index (χ3v) is 9.00. The van der Waals surface area contributed by atoms with Crippen LogP contribution in [0.25, 0.3) is 0 Å². The molecule has 0 aliphatic carbocycles. The van der Waals surface area contributed by atoms with Crippen molar-refractivity contribution in [1.29, 1.82) is 0 Å². The zero-order valence-electron chi connectivity index (χ0n) is 21.9. The van der Waals surface area contributed by atoms with Gasteiger partial charge in [-0.3, -0.25) is 13.6 Å². The van der Waals surface area contributed by atoms with Gasteiger partial charge in [0.1, 0.15) is 16.8 Å². The van der Waals surface area contributed by atoms with E-state index >= 15 is 0 Å². The summed E-state index contributed by atoms with van der Waals surface area (Å²) in [7, 11) is -4.13. The van der Waals surface area contributed by atoms with Gasteiger partial charge in [-0.1, -0.05) is 112 Å². The van der Waals surface area contributed by atoms with Crippen LogP contribution in [0, 0.1) is 0 Å². The van der Waals surface area contributed by atoms with Crippen molar-refractivity contribution in [2.24, 2.45) is 0 Å². The molecule has 0 N–H and O–H groups in total. The normalized spacial score (nSPS) is 18.6. The van der Waals surface area contributed by atoms with E-state index in [2.05, 4.69) is 0 Å². The summed E-state index contributed by atoms with van der Waals surface area (Å²) < 4.78 is 34.3. The van der Waals surface area contributed by atoms with Crippen LogP contribution >= 0.6 is 7.82 Å². The van der Waals surface area contributed by atoms with Crippen LogP contribution in [-0.4, -0.2) is 0 Å². The van der Waals surface area contributed by atoms with Gasteiger partial charge in [0.2, 0.25) is 0 Å². The van der Waals surface area contributed by atoms with Crippen molar-refractivity contribution in [3.8, 4) is 0 Å². The Kier molecular flexibility index (Phi) is 8.77. The molecule has 0 aromatic heterocycles. The molecule has 35 heavy (non-hydrogen) atoms. The number of hydrogen-bond acceptors (Lipinski definition) is 4. The van der Waals surface area contributed by atoms with Crippen molar-refractivity contribution in [3.63, 3.8) is 0 Å². The summed E-state index contributed by atoms with van der Waals surface area (Å²) in [5.41, 5.74) is 0.163. The Bertz CT molecular complexity index is 964. The largest absolute Gasteiger partial charge is 0.477 e. The molecule has 0 amide bonds. The highest BCUT2D eigenvalue weighted by Crippen LogP contribution is 2.63. The van der Waals surface area contributed by atoms with Gasteiger partial charge in [0, 0.05) is 0 Å². The minimum Gasteiger partial charge on any atom is -0.276 e. The molecule has 3 aromatic carbocycles. The maximum Gasteiger partial charge on any atom is 0.477 e. The van der Waals surface area contributed by atoms with Gasteiger partial charge in [0.25, 0.3) is 0 Å². The lowest BCUT2D eigenvalue weighted by atomic mass is 9.94. The Balaban J connectivity index is 2.09. The molecule has 188 valence electrons. The van der Waals surface area contributed by atoms with Gasteiger partial charge in [0.15, 0.2) is 0 Å². The molecular weight excluding hydrogens is 455 g/mol. The molecule has 0 radical (unpaired) electrons. The van der Waals surface area contributed by atoms with Crippen molar-refractivity contribution < 1.29 is 18.1 Å². The minimum atomic E-state index is -4.13. The van der Waals surface area contributed by atoms with Crippen molar-refractivity contribution >= 4 is 7.82 Å². The van der Waals surface area contributed by atoms with Crippen molar-refractivity contribution in [2.45, 2.75) is 77.6 Å². The van der Waals surface area contributed by atoms with Crippen molar-refractivity contribution in [1.82, 2.24) is 0 Å². The lowest BCUT2D eigenvalue weighted by Crippen LogP contribution is -2.33. The third-order valence-electron chi connectivity index (χ3n) is 7.12. The van der Waals surface area contributed by atoms with Gasteiger partial charge in [-0.15, -0.1) is 0 Å². The zero-order chi connectivity index (χ0) is 25.6. The summed E-state index contributed by atoms with van der Waals surface area (Å²) in [6.07, 6.45) is 1.78. The van der Waals surface area contributed by atoms with Gasteiger partial charge < -0.3 is 0 Å². The molecular formula is C30H39O4P. The first kappa shape index (κ1) is 27.4. The number of benzene rings is 3. The number of phosphoric acid groups is 1. The van der Waals surface area contributed by atoms with E-state index in [9.17, 15) is 4.57 Å². The lowest BCUT2D eigenvalue weighted by Gasteiger charge is -2.41. The molecule has 0 aliphatic heterocycles. The highest BCUT2D eigenvalue weighted by molar-refractivity contribution is 7.48. The summed E-state index contributed by atoms with van der Waals surface area (Å²) in [6, 6.07) is 29.5. The second-order valence-electron chi connectivity index (χ2n) is 9.57. The number of phosphoric ester groups is 1.